The molecular formula is C25H26N4O4. The van der Waals surface area contributed by atoms with Gasteiger partial charge in [-0.15, -0.1) is 0 Å². The first kappa shape index (κ1) is 22.3. The van der Waals surface area contributed by atoms with Gasteiger partial charge >= 0.3 is 12.0 Å². The largest absolute Gasteiger partial charge is 0.467 e. The molecule has 1 aromatic heterocycles. The third kappa shape index (κ3) is 4.37. The van der Waals surface area contributed by atoms with E-state index in [0.29, 0.717) is 29.9 Å². The Balaban J connectivity index is 1.50. The maximum absolute atomic E-state index is 13.1. The second-order valence-corrected chi connectivity index (χ2v) is 8.36. The van der Waals surface area contributed by atoms with Crippen LogP contribution in [-0.2, 0) is 28.0 Å². The van der Waals surface area contributed by atoms with E-state index in [9.17, 15) is 9.59 Å². The summed E-state index contributed by atoms with van der Waals surface area (Å²) in [5, 5.41) is 0. The molecule has 2 heterocycles. The fourth-order valence-corrected chi connectivity index (χ4v) is 3.79. The third-order valence-electron chi connectivity index (χ3n) is 5.83. The summed E-state index contributed by atoms with van der Waals surface area (Å²) >= 11 is 0. The van der Waals surface area contributed by atoms with E-state index < -0.39 is 5.41 Å². The van der Waals surface area contributed by atoms with E-state index in [2.05, 4.69) is 9.97 Å². The van der Waals surface area contributed by atoms with Crippen LogP contribution in [0.3, 0.4) is 0 Å². The highest BCUT2D eigenvalue weighted by Crippen LogP contribution is 2.31. The number of carbonyl (C=O) groups excluding carboxylic acids is 2. The molecule has 4 rings (SSSR count). The average Bonchev–Trinajstić information content (AvgIpc) is 2.83. The van der Waals surface area contributed by atoms with Crippen molar-refractivity contribution in [3.63, 3.8) is 0 Å². The number of fused-ring (bicyclic) bond motifs is 1. The van der Waals surface area contributed by atoms with Gasteiger partial charge in [-0.2, -0.15) is 9.97 Å². The predicted octanol–water partition coefficient (Wildman–Crippen LogP) is 3.29. The zero-order valence-electron chi connectivity index (χ0n) is 18.9. The average molecular weight is 447 g/mol. The summed E-state index contributed by atoms with van der Waals surface area (Å²) < 4.78 is 10.6. The molecule has 8 heteroatoms. The van der Waals surface area contributed by atoms with Crippen LogP contribution in [0.1, 0.15) is 41.0 Å². The molecule has 0 atom stereocenters. The van der Waals surface area contributed by atoms with Gasteiger partial charge in [-0.25, -0.2) is 0 Å². The number of benzene rings is 2. The van der Waals surface area contributed by atoms with E-state index in [4.69, 9.17) is 15.2 Å². The van der Waals surface area contributed by atoms with Gasteiger partial charge in [-0.1, -0.05) is 42.5 Å². The Hall–Kier alpha value is -3.94. The van der Waals surface area contributed by atoms with E-state index in [1.54, 1.807) is 4.90 Å². The fourth-order valence-electron chi connectivity index (χ4n) is 3.79. The summed E-state index contributed by atoms with van der Waals surface area (Å²) in [6.45, 7) is 4.32. The van der Waals surface area contributed by atoms with Gasteiger partial charge in [0.1, 0.15) is 18.0 Å². The van der Waals surface area contributed by atoms with Crippen molar-refractivity contribution in [3.05, 3.63) is 77.0 Å². The number of amides is 1. The van der Waals surface area contributed by atoms with E-state index >= 15 is 0 Å². The Bertz CT molecular complexity index is 1180. The summed E-state index contributed by atoms with van der Waals surface area (Å²) in [4.78, 5) is 35.8. The standard InChI is InChI=1S/C25H26N4O4/c1-25(2,23(31)33-15-16-7-5-4-6-8-16)17-9-11-18(12-10-17)29-14-13-19-20(22(29)30)21(26)28-24(27-19)32-3/h4-12H,13-15H2,1-3H3,(H2,26,27,28). The number of methoxy groups -OCH3 is 1. The normalized spacial score (nSPS) is 13.4. The van der Waals surface area contributed by atoms with Crippen molar-refractivity contribution in [2.75, 3.05) is 24.3 Å². The van der Waals surface area contributed by atoms with Crippen LogP contribution in [0.4, 0.5) is 11.5 Å². The van der Waals surface area contributed by atoms with Gasteiger partial charge in [-0.3, -0.25) is 9.59 Å². The molecule has 1 amide bonds. The lowest BCUT2D eigenvalue weighted by Crippen LogP contribution is -2.39. The summed E-state index contributed by atoms with van der Waals surface area (Å²) in [7, 11) is 1.46. The minimum atomic E-state index is -0.847. The lowest BCUT2D eigenvalue weighted by atomic mass is 9.84. The number of ether oxygens (including phenoxy) is 2. The number of rotatable bonds is 6. The Morgan fingerprint density at radius 1 is 1.09 bits per heavy atom. The third-order valence-corrected chi connectivity index (χ3v) is 5.83. The van der Waals surface area contributed by atoms with Crippen LogP contribution in [0.2, 0.25) is 0 Å². The molecule has 0 saturated carbocycles. The van der Waals surface area contributed by atoms with Crippen LogP contribution in [0.15, 0.2) is 54.6 Å². The molecule has 170 valence electrons. The SMILES string of the molecule is COc1nc(N)c2c(n1)CCN(c1ccc(C(C)(C)C(=O)OCc3ccccc3)cc1)C2=O. The van der Waals surface area contributed by atoms with Gasteiger partial charge in [0.2, 0.25) is 0 Å². The molecule has 0 aliphatic carbocycles. The van der Waals surface area contributed by atoms with Gasteiger partial charge in [0.25, 0.3) is 5.91 Å². The molecule has 33 heavy (non-hydrogen) atoms. The highest BCUT2D eigenvalue weighted by molar-refractivity contribution is 6.10. The molecule has 3 aromatic rings. The number of nitrogens with two attached hydrogens (primary N) is 1. The number of anilines is 2. The van der Waals surface area contributed by atoms with Crippen molar-refractivity contribution < 1.29 is 19.1 Å². The number of nitrogen functional groups attached to an aromatic ring is 1. The molecule has 0 fully saturated rings. The summed E-state index contributed by atoms with van der Waals surface area (Å²) in [5.74, 6) is -0.475. The number of hydrogen-bond acceptors (Lipinski definition) is 7. The van der Waals surface area contributed by atoms with Gasteiger partial charge in [0.15, 0.2) is 0 Å². The lowest BCUT2D eigenvalue weighted by Gasteiger charge is -2.29. The minimum absolute atomic E-state index is 0.102. The van der Waals surface area contributed by atoms with Crippen molar-refractivity contribution in [1.82, 2.24) is 9.97 Å². The van der Waals surface area contributed by atoms with Gasteiger partial charge in [-0.05, 0) is 37.1 Å². The molecule has 2 N–H and O–H groups in total. The van der Waals surface area contributed by atoms with Crippen LogP contribution >= 0.6 is 0 Å². The van der Waals surface area contributed by atoms with Crippen LogP contribution < -0.4 is 15.4 Å². The second-order valence-electron chi connectivity index (χ2n) is 8.36. The highest BCUT2D eigenvalue weighted by Gasteiger charge is 2.33. The lowest BCUT2D eigenvalue weighted by molar-refractivity contribution is -0.150. The smallest absolute Gasteiger partial charge is 0.318 e. The molecule has 0 saturated heterocycles. The minimum Gasteiger partial charge on any atom is -0.467 e. The van der Waals surface area contributed by atoms with Gasteiger partial charge < -0.3 is 20.1 Å². The molecule has 0 radical (unpaired) electrons. The van der Waals surface area contributed by atoms with Crippen molar-refractivity contribution in [3.8, 4) is 6.01 Å². The zero-order chi connectivity index (χ0) is 23.6. The van der Waals surface area contributed by atoms with Crippen LogP contribution in [0.5, 0.6) is 6.01 Å². The van der Waals surface area contributed by atoms with Crippen LogP contribution in [0.25, 0.3) is 0 Å². The van der Waals surface area contributed by atoms with Crippen LogP contribution in [0, 0.1) is 0 Å². The monoisotopic (exact) mass is 446 g/mol. The Morgan fingerprint density at radius 3 is 2.45 bits per heavy atom. The Kier molecular flexibility index (Phi) is 6.00. The highest BCUT2D eigenvalue weighted by atomic mass is 16.5. The van der Waals surface area contributed by atoms with Crippen molar-refractivity contribution >= 4 is 23.4 Å². The zero-order valence-corrected chi connectivity index (χ0v) is 18.9. The van der Waals surface area contributed by atoms with Crippen molar-refractivity contribution in [2.24, 2.45) is 0 Å². The maximum atomic E-state index is 13.1. The second kappa shape index (κ2) is 8.90. The first-order chi connectivity index (χ1) is 15.8. The molecule has 0 unspecified atom stereocenters. The number of hydrogen-bond donors (Lipinski definition) is 1. The molecule has 1 aliphatic rings. The fraction of sp³-hybridized carbons (Fsp3) is 0.280. The molecular weight excluding hydrogens is 420 g/mol. The van der Waals surface area contributed by atoms with E-state index in [1.165, 1.54) is 7.11 Å². The summed E-state index contributed by atoms with van der Waals surface area (Å²) in [6.07, 6.45) is 0.531. The molecule has 2 aromatic carbocycles. The van der Waals surface area contributed by atoms with Crippen molar-refractivity contribution in [2.45, 2.75) is 32.3 Å². The summed E-state index contributed by atoms with van der Waals surface area (Å²) in [5.41, 5.74) is 8.47. The first-order valence-electron chi connectivity index (χ1n) is 10.6. The van der Waals surface area contributed by atoms with Gasteiger partial charge in [0, 0.05) is 18.7 Å². The molecule has 8 nitrogen and oxygen atoms in total. The number of nitrogens with zero attached hydrogens (tertiary/aromatic N) is 3. The van der Waals surface area contributed by atoms with E-state index in [-0.39, 0.29) is 30.3 Å². The van der Waals surface area contributed by atoms with E-state index in [1.807, 2.05) is 68.4 Å². The predicted molar refractivity (Wildman–Crippen MR) is 124 cm³/mol. The first-order valence-corrected chi connectivity index (χ1v) is 10.6. The quantitative estimate of drug-likeness (QED) is 0.579. The van der Waals surface area contributed by atoms with Crippen molar-refractivity contribution in [1.29, 1.82) is 0 Å². The number of esters is 1. The molecule has 0 bridgehead atoms. The van der Waals surface area contributed by atoms with E-state index in [0.717, 1.165) is 11.1 Å². The number of aromatic nitrogens is 2. The van der Waals surface area contributed by atoms with Gasteiger partial charge in [0.05, 0.1) is 18.2 Å². The maximum Gasteiger partial charge on any atom is 0.318 e. The van der Waals surface area contributed by atoms with Crippen LogP contribution in [-0.4, -0.2) is 35.5 Å². The molecule has 0 spiro atoms. The topological polar surface area (TPSA) is 108 Å². The number of carbonyl (C=O) groups is 2. The summed E-state index contributed by atoms with van der Waals surface area (Å²) in [6, 6.07) is 17.0. The Morgan fingerprint density at radius 2 is 1.79 bits per heavy atom. The Labute approximate surface area is 192 Å². The molecule has 1 aliphatic heterocycles.